The van der Waals surface area contributed by atoms with Crippen molar-refractivity contribution < 1.29 is 9.53 Å². The van der Waals surface area contributed by atoms with Gasteiger partial charge in [0.25, 0.3) is 5.91 Å². The molecule has 0 aliphatic rings. The Morgan fingerprint density at radius 3 is 2.81 bits per heavy atom. The summed E-state index contributed by atoms with van der Waals surface area (Å²) in [5, 5.41) is 2.90. The Labute approximate surface area is 132 Å². The molecule has 0 aliphatic heterocycles. The SMILES string of the molecule is COc1ccc(Br)c(C(=O)NCc2cccc(N)c2C)c1. The average molecular weight is 349 g/mol. The maximum absolute atomic E-state index is 12.3. The standard InChI is InChI=1S/C16H17BrN2O2/c1-10-11(4-3-5-15(10)18)9-19-16(20)13-8-12(21-2)6-7-14(13)17/h3-8H,9,18H2,1-2H3,(H,19,20). The number of anilines is 1. The van der Waals surface area contributed by atoms with Gasteiger partial charge in [0.1, 0.15) is 5.75 Å². The predicted octanol–water partition coefficient (Wildman–Crippen LogP) is 3.28. The second-order valence-corrected chi connectivity index (χ2v) is 5.51. The number of nitrogens with one attached hydrogen (secondary N) is 1. The summed E-state index contributed by atoms with van der Waals surface area (Å²) in [6, 6.07) is 11.0. The van der Waals surface area contributed by atoms with Gasteiger partial charge < -0.3 is 15.8 Å². The van der Waals surface area contributed by atoms with E-state index in [1.54, 1.807) is 25.3 Å². The topological polar surface area (TPSA) is 64.3 Å². The van der Waals surface area contributed by atoms with Gasteiger partial charge in [-0.2, -0.15) is 0 Å². The number of hydrogen-bond acceptors (Lipinski definition) is 3. The fourth-order valence-corrected chi connectivity index (χ4v) is 2.40. The fraction of sp³-hybridized carbons (Fsp3) is 0.188. The molecular formula is C16H17BrN2O2. The summed E-state index contributed by atoms with van der Waals surface area (Å²) in [5.74, 6) is 0.478. The number of ether oxygens (including phenoxy) is 1. The van der Waals surface area contributed by atoms with Crippen LogP contribution in [0.25, 0.3) is 0 Å². The van der Waals surface area contributed by atoms with Gasteiger partial charge in [0.15, 0.2) is 0 Å². The summed E-state index contributed by atoms with van der Waals surface area (Å²) < 4.78 is 5.87. The number of benzene rings is 2. The van der Waals surface area contributed by atoms with Gasteiger partial charge in [0.05, 0.1) is 12.7 Å². The lowest BCUT2D eigenvalue weighted by Crippen LogP contribution is -2.23. The monoisotopic (exact) mass is 348 g/mol. The molecule has 0 fully saturated rings. The highest BCUT2D eigenvalue weighted by Crippen LogP contribution is 2.22. The Bertz CT molecular complexity index is 671. The van der Waals surface area contributed by atoms with E-state index >= 15 is 0 Å². The molecule has 2 rings (SSSR count). The van der Waals surface area contributed by atoms with E-state index < -0.39 is 0 Å². The first kappa shape index (κ1) is 15.4. The van der Waals surface area contributed by atoms with Gasteiger partial charge in [-0.15, -0.1) is 0 Å². The normalized spacial score (nSPS) is 10.2. The van der Waals surface area contributed by atoms with Crippen LogP contribution >= 0.6 is 15.9 Å². The van der Waals surface area contributed by atoms with E-state index in [0.717, 1.165) is 21.3 Å². The number of halogens is 1. The number of rotatable bonds is 4. The van der Waals surface area contributed by atoms with E-state index in [2.05, 4.69) is 21.2 Å². The summed E-state index contributed by atoms with van der Waals surface area (Å²) in [4.78, 5) is 12.3. The van der Waals surface area contributed by atoms with Crippen molar-refractivity contribution in [3.8, 4) is 5.75 Å². The molecule has 0 atom stereocenters. The molecule has 2 aromatic carbocycles. The molecule has 21 heavy (non-hydrogen) atoms. The molecule has 0 spiro atoms. The van der Waals surface area contributed by atoms with Gasteiger partial charge >= 0.3 is 0 Å². The second-order valence-electron chi connectivity index (χ2n) is 4.66. The molecule has 4 nitrogen and oxygen atoms in total. The molecule has 0 bridgehead atoms. The Hall–Kier alpha value is -2.01. The van der Waals surface area contributed by atoms with Crippen molar-refractivity contribution in [1.82, 2.24) is 5.32 Å². The fourth-order valence-electron chi connectivity index (χ4n) is 1.97. The van der Waals surface area contributed by atoms with Crippen LogP contribution < -0.4 is 15.8 Å². The molecule has 110 valence electrons. The molecule has 0 radical (unpaired) electrons. The first-order chi connectivity index (χ1) is 10.0. The zero-order valence-electron chi connectivity index (χ0n) is 11.9. The van der Waals surface area contributed by atoms with Gasteiger partial charge in [0, 0.05) is 16.7 Å². The number of nitrogens with two attached hydrogens (primary N) is 1. The molecule has 3 N–H and O–H groups in total. The Kier molecular flexibility index (Phi) is 4.85. The van der Waals surface area contributed by atoms with Crippen molar-refractivity contribution in [1.29, 1.82) is 0 Å². The van der Waals surface area contributed by atoms with E-state index in [0.29, 0.717) is 17.9 Å². The molecule has 1 amide bonds. The zero-order valence-corrected chi connectivity index (χ0v) is 13.5. The van der Waals surface area contributed by atoms with Crippen LogP contribution in [-0.4, -0.2) is 13.0 Å². The second kappa shape index (κ2) is 6.63. The van der Waals surface area contributed by atoms with Crippen LogP contribution in [0.1, 0.15) is 21.5 Å². The molecule has 0 aliphatic carbocycles. The van der Waals surface area contributed by atoms with Gasteiger partial charge in [-0.1, -0.05) is 12.1 Å². The van der Waals surface area contributed by atoms with Crippen LogP contribution in [-0.2, 0) is 6.54 Å². The van der Waals surface area contributed by atoms with Crippen LogP contribution in [0.5, 0.6) is 5.75 Å². The number of nitrogen functional groups attached to an aromatic ring is 1. The molecule has 0 saturated carbocycles. The molecular weight excluding hydrogens is 332 g/mol. The van der Waals surface area contributed by atoms with Gasteiger partial charge in [-0.3, -0.25) is 4.79 Å². The highest BCUT2D eigenvalue weighted by molar-refractivity contribution is 9.10. The summed E-state index contributed by atoms with van der Waals surface area (Å²) in [6.45, 7) is 2.37. The van der Waals surface area contributed by atoms with Gasteiger partial charge in [0.2, 0.25) is 0 Å². The van der Waals surface area contributed by atoms with Crippen LogP contribution in [0.3, 0.4) is 0 Å². The highest BCUT2D eigenvalue weighted by atomic mass is 79.9. The highest BCUT2D eigenvalue weighted by Gasteiger charge is 2.12. The zero-order chi connectivity index (χ0) is 15.4. The minimum absolute atomic E-state index is 0.164. The van der Waals surface area contributed by atoms with Crippen LogP contribution in [0.15, 0.2) is 40.9 Å². The third-order valence-corrected chi connectivity index (χ3v) is 4.04. The van der Waals surface area contributed by atoms with Crippen molar-refractivity contribution in [2.24, 2.45) is 0 Å². The Morgan fingerprint density at radius 2 is 2.10 bits per heavy atom. The Balaban J connectivity index is 2.13. The molecule has 0 heterocycles. The molecule has 0 saturated heterocycles. The summed E-state index contributed by atoms with van der Waals surface area (Å²) in [7, 11) is 1.57. The minimum atomic E-state index is -0.164. The van der Waals surface area contributed by atoms with Crippen LogP contribution in [0.4, 0.5) is 5.69 Å². The van der Waals surface area contributed by atoms with Crippen molar-refractivity contribution in [2.45, 2.75) is 13.5 Å². The van der Waals surface area contributed by atoms with E-state index in [1.165, 1.54) is 0 Å². The van der Waals surface area contributed by atoms with E-state index in [4.69, 9.17) is 10.5 Å². The maximum Gasteiger partial charge on any atom is 0.252 e. The van der Waals surface area contributed by atoms with Crippen LogP contribution in [0.2, 0.25) is 0 Å². The first-order valence-electron chi connectivity index (χ1n) is 6.48. The summed E-state index contributed by atoms with van der Waals surface area (Å²) in [5.41, 5.74) is 9.12. The van der Waals surface area contributed by atoms with Crippen molar-refractivity contribution in [3.05, 3.63) is 57.6 Å². The van der Waals surface area contributed by atoms with Gasteiger partial charge in [-0.05, 0) is 58.2 Å². The number of carbonyl (C=O) groups excluding carboxylic acids is 1. The number of carbonyl (C=O) groups is 1. The lowest BCUT2D eigenvalue weighted by Gasteiger charge is -2.11. The van der Waals surface area contributed by atoms with E-state index in [1.807, 2.05) is 25.1 Å². The third-order valence-electron chi connectivity index (χ3n) is 3.35. The predicted molar refractivity (Wildman–Crippen MR) is 87.5 cm³/mol. The quantitative estimate of drug-likeness (QED) is 0.833. The average Bonchev–Trinajstić information content (AvgIpc) is 2.49. The van der Waals surface area contributed by atoms with Gasteiger partial charge in [-0.25, -0.2) is 0 Å². The summed E-state index contributed by atoms with van der Waals surface area (Å²) >= 11 is 3.38. The largest absolute Gasteiger partial charge is 0.497 e. The lowest BCUT2D eigenvalue weighted by molar-refractivity contribution is 0.0949. The lowest BCUT2D eigenvalue weighted by atomic mass is 10.1. The Morgan fingerprint density at radius 1 is 1.33 bits per heavy atom. The van der Waals surface area contributed by atoms with Crippen molar-refractivity contribution in [2.75, 3.05) is 12.8 Å². The molecule has 0 unspecified atom stereocenters. The van der Waals surface area contributed by atoms with Crippen LogP contribution in [0, 0.1) is 6.92 Å². The third kappa shape index (κ3) is 3.55. The minimum Gasteiger partial charge on any atom is -0.497 e. The van der Waals surface area contributed by atoms with Crippen molar-refractivity contribution >= 4 is 27.5 Å². The summed E-state index contributed by atoms with van der Waals surface area (Å²) in [6.07, 6.45) is 0. The molecule has 5 heteroatoms. The van der Waals surface area contributed by atoms with E-state index in [9.17, 15) is 4.79 Å². The number of amides is 1. The first-order valence-corrected chi connectivity index (χ1v) is 7.28. The van der Waals surface area contributed by atoms with E-state index in [-0.39, 0.29) is 5.91 Å². The maximum atomic E-state index is 12.3. The number of methoxy groups -OCH3 is 1. The number of hydrogen-bond donors (Lipinski definition) is 2. The smallest absolute Gasteiger partial charge is 0.252 e. The molecule has 0 aromatic heterocycles. The van der Waals surface area contributed by atoms with Crippen molar-refractivity contribution in [3.63, 3.8) is 0 Å². The molecule has 2 aromatic rings.